The molecular weight excluding hydrogens is 192 g/mol. The van der Waals surface area contributed by atoms with Crippen LogP contribution < -0.4 is 5.73 Å². The highest BCUT2D eigenvalue weighted by molar-refractivity contribution is 5.79. The zero-order valence-electron chi connectivity index (χ0n) is 9.91. The summed E-state index contributed by atoms with van der Waals surface area (Å²) in [6.07, 6.45) is 6.93. The lowest BCUT2D eigenvalue weighted by Crippen LogP contribution is -2.17. The third-order valence-electron chi connectivity index (χ3n) is 2.35. The van der Waals surface area contributed by atoms with Gasteiger partial charge in [-0.1, -0.05) is 37.8 Å². The predicted octanol–water partition coefficient (Wildman–Crippen LogP) is 2.50. The normalized spacial score (nSPS) is 14.1. The van der Waals surface area contributed by atoms with Crippen molar-refractivity contribution in [2.45, 2.75) is 58.5 Å². The molecular formula is C11H24N2O2. The second-order valence-electron chi connectivity index (χ2n) is 3.87. The zero-order chi connectivity index (χ0) is 11.5. The van der Waals surface area contributed by atoms with E-state index in [1.54, 1.807) is 0 Å². The topological polar surface area (TPSA) is 67.8 Å². The lowest BCUT2D eigenvalue weighted by atomic mass is 10.1. The molecule has 90 valence electrons. The van der Waals surface area contributed by atoms with Crippen LogP contribution in [0.5, 0.6) is 0 Å². The Morgan fingerprint density at radius 2 is 2.13 bits per heavy atom. The van der Waals surface area contributed by atoms with Gasteiger partial charge in [-0.05, 0) is 13.3 Å². The Balaban J connectivity index is 3.29. The van der Waals surface area contributed by atoms with Crippen molar-refractivity contribution in [1.82, 2.24) is 0 Å². The fourth-order valence-electron chi connectivity index (χ4n) is 1.36. The van der Waals surface area contributed by atoms with Crippen molar-refractivity contribution in [3.8, 4) is 0 Å². The second kappa shape index (κ2) is 9.77. The van der Waals surface area contributed by atoms with Gasteiger partial charge in [0, 0.05) is 6.42 Å². The van der Waals surface area contributed by atoms with E-state index in [9.17, 15) is 0 Å². The van der Waals surface area contributed by atoms with E-state index in [0.29, 0.717) is 13.0 Å². The van der Waals surface area contributed by atoms with Gasteiger partial charge < -0.3 is 15.7 Å². The molecule has 1 unspecified atom stereocenters. The fraction of sp³-hybridized carbons (Fsp3) is 0.909. The highest BCUT2D eigenvalue weighted by Gasteiger charge is 2.02. The van der Waals surface area contributed by atoms with Crippen molar-refractivity contribution >= 4 is 5.84 Å². The maximum absolute atomic E-state index is 8.31. The van der Waals surface area contributed by atoms with Crippen LogP contribution in [-0.2, 0) is 4.74 Å². The van der Waals surface area contributed by atoms with E-state index >= 15 is 0 Å². The molecule has 0 aromatic rings. The van der Waals surface area contributed by atoms with Gasteiger partial charge in [0.15, 0.2) is 0 Å². The monoisotopic (exact) mass is 216 g/mol. The highest BCUT2D eigenvalue weighted by Crippen LogP contribution is 2.07. The van der Waals surface area contributed by atoms with Crippen molar-refractivity contribution in [1.29, 1.82) is 0 Å². The fourth-order valence-corrected chi connectivity index (χ4v) is 1.36. The largest absolute Gasteiger partial charge is 0.409 e. The first-order chi connectivity index (χ1) is 7.20. The van der Waals surface area contributed by atoms with Crippen molar-refractivity contribution in [3.63, 3.8) is 0 Å². The Hall–Kier alpha value is -0.770. The first-order valence-electron chi connectivity index (χ1n) is 5.78. The molecule has 0 aromatic heterocycles. The van der Waals surface area contributed by atoms with Gasteiger partial charge in [0.1, 0.15) is 5.84 Å². The quantitative estimate of drug-likeness (QED) is 0.204. The van der Waals surface area contributed by atoms with Gasteiger partial charge in [0.05, 0.1) is 12.7 Å². The maximum Gasteiger partial charge on any atom is 0.141 e. The van der Waals surface area contributed by atoms with Crippen LogP contribution in [0.3, 0.4) is 0 Å². The van der Waals surface area contributed by atoms with E-state index in [0.717, 1.165) is 6.42 Å². The van der Waals surface area contributed by atoms with E-state index in [1.165, 1.54) is 25.7 Å². The van der Waals surface area contributed by atoms with Crippen LogP contribution >= 0.6 is 0 Å². The minimum atomic E-state index is 0.230. The van der Waals surface area contributed by atoms with E-state index < -0.39 is 0 Å². The lowest BCUT2D eigenvalue weighted by Gasteiger charge is -2.12. The van der Waals surface area contributed by atoms with Gasteiger partial charge in [-0.2, -0.15) is 0 Å². The van der Waals surface area contributed by atoms with Crippen molar-refractivity contribution in [2.75, 3.05) is 6.61 Å². The molecule has 0 heterocycles. The summed E-state index contributed by atoms with van der Waals surface area (Å²) in [7, 11) is 0. The molecule has 4 nitrogen and oxygen atoms in total. The van der Waals surface area contributed by atoms with Gasteiger partial charge in [0.2, 0.25) is 0 Å². The Bertz CT molecular complexity index is 172. The number of oxime groups is 1. The van der Waals surface area contributed by atoms with Crippen molar-refractivity contribution in [3.05, 3.63) is 0 Å². The minimum absolute atomic E-state index is 0.230. The molecule has 15 heavy (non-hydrogen) atoms. The van der Waals surface area contributed by atoms with E-state index in [-0.39, 0.29) is 11.9 Å². The minimum Gasteiger partial charge on any atom is -0.409 e. The standard InChI is InChI=1S/C11H24N2O2/c1-3-4-5-6-7-10(2)15-9-8-11(12)13-14/h10,14H,3-9H2,1-2H3,(H2,12,13). The number of ether oxygens (including phenoxy) is 1. The smallest absolute Gasteiger partial charge is 0.141 e. The van der Waals surface area contributed by atoms with Crippen LogP contribution in [0.2, 0.25) is 0 Å². The molecule has 0 aromatic carbocycles. The number of amidine groups is 1. The average molecular weight is 216 g/mol. The molecule has 0 amide bonds. The number of nitrogens with two attached hydrogens (primary N) is 1. The number of hydrogen-bond donors (Lipinski definition) is 2. The van der Waals surface area contributed by atoms with Gasteiger partial charge >= 0.3 is 0 Å². The number of rotatable bonds is 9. The Kier molecular flexibility index (Phi) is 9.27. The third kappa shape index (κ3) is 9.53. The van der Waals surface area contributed by atoms with Gasteiger partial charge in [-0.15, -0.1) is 0 Å². The second-order valence-corrected chi connectivity index (χ2v) is 3.87. The molecule has 0 saturated heterocycles. The van der Waals surface area contributed by atoms with Crippen LogP contribution in [-0.4, -0.2) is 23.8 Å². The molecule has 0 radical (unpaired) electrons. The van der Waals surface area contributed by atoms with Crippen LogP contribution in [0.4, 0.5) is 0 Å². The average Bonchev–Trinajstić information content (AvgIpc) is 2.24. The lowest BCUT2D eigenvalue weighted by molar-refractivity contribution is 0.0631. The SMILES string of the molecule is CCCCCCC(C)OCC/C(N)=N/O. The highest BCUT2D eigenvalue weighted by atomic mass is 16.5. The van der Waals surface area contributed by atoms with Crippen LogP contribution in [0, 0.1) is 0 Å². The third-order valence-corrected chi connectivity index (χ3v) is 2.35. The van der Waals surface area contributed by atoms with Crippen LogP contribution in [0.1, 0.15) is 52.4 Å². The summed E-state index contributed by atoms with van der Waals surface area (Å²) in [5, 5.41) is 11.2. The van der Waals surface area contributed by atoms with E-state index in [4.69, 9.17) is 15.7 Å². The van der Waals surface area contributed by atoms with E-state index in [2.05, 4.69) is 19.0 Å². The first-order valence-corrected chi connectivity index (χ1v) is 5.78. The molecule has 0 fully saturated rings. The summed E-state index contributed by atoms with van der Waals surface area (Å²) >= 11 is 0. The maximum atomic E-state index is 8.31. The molecule has 0 aliphatic rings. The van der Waals surface area contributed by atoms with Gasteiger partial charge in [-0.3, -0.25) is 0 Å². The first kappa shape index (κ1) is 14.2. The predicted molar refractivity (Wildman–Crippen MR) is 62.2 cm³/mol. The molecule has 0 aliphatic carbocycles. The number of nitrogens with zero attached hydrogens (tertiary/aromatic N) is 1. The molecule has 0 aliphatic heterocycles. The van der Waals surface area contributed by atoms with Gasteiger partial charge in [0.25, 0.3) is 0 Å². The molecule has 0 rings (SSSR count). The summed E-state index contributed by atoms with van der Waals surface area (Å²) in [5.74, 6) is 0.230. The van der Waals surface area contributed by atoms with Gasteiger partial charge in [-0.25, -0.2) is 0 Å². The number of unbranched alkanes of at least 4 members (excludes halogenated alkanes) is 3. The summed E-state index contributed by atoms with van der Waals surface area (Å²) in [6.45, 7) is 4.81. The molecule has 4 heteroatoms. The Morgan fingerprint density at radius 1 is 1.40 bits per heavy atom. The van der Waals surface area contributed by atoms with E-state index in [1.807, 2.05) is 0 Å². The molecule has 3 N–H and O–H groups in total. The van der Waals surface area contributed by atoms with Crippen LogP contribution in [0.15, 0.2) is 5.16 Å². The molecule has 0 spiro atoms. The van der Waals surface area contributed by atoms with Crippen molar-refractivity contribution in [2.24, 2.45) is 10.9 Å². The molecule has 0 bridgehead atoms. The Labute approximate surface area is 92.5 Å². The summed E-state index contributed by atoms with van der Waals surface area (Å²) in [5.41, 5.74) is 5.32. The Morgan fingerprint density at radius 3 is 2.73 bits per heavy atom. The number of hydrogen-bond acceptors (Lipinski definition) is 3. The summed E-state index contributed by atoms with van der Waals surface area (Å²) in [4.78, 5) is 0. The summed E-state index contributed by atoms with van der Waals surface area (Å²) in [6, 6.07) is 0. The summed E-state index contributed by atoms with van der Waals surface area (Å²) < 4.78 is 5.52. The zero-order valence-corrected chi connectivity index (χ0v) is 9.91. The van der Waals surface area contributed by atoms with Crippen molar-refractivity contribution < 1.29 is 9.94 Å². The molecule has 0 saturated carbocycles. The molecule has 1 atom stereocenters. The van der Waals surface area contributed by atoms with Crippen LogP contribution in [0.25, 0.3) is 0 Å².